The van der Waals surface area contributed by atoms with E-state index in [9.17, 15) is 9.59 Å². The third kappa shape index (κ3) is 2.47. The Morgan fingerprint density at radius 2 is 2.17 bits per heavy atom. The second kappa shape index (κ2) is 5.12. The van der Waals surface area contributed by atoms with Gasteiger partial charge in [0.1, 0.15) is 11.2 Å². The summed E-state index contributed by atoms with van der Waals surface area (Å²) in [6.45, 7) is 2.17. The Kier molecular flexibility index (Phi) is 3.55. The molecule has 0 atom stereocenters. The first-order chi connectivity index (χ1) is 8.59. The van der Waals surface area contributed by atoms with E-state index in [0.29, 0.717) is 24.0 Å². The van der Waals surface area contributed by atoms with Gasteiger partial charge in [-0.05, 0) is 19.8 Å². The molecule has 0 amide bonds. The highest BCUT2D eigenvalue weighted by Gasteiger charge is 2.07. The van der Waals surface area contributed by atoms with Crippen LogP contribution < -0.4 is 5.56 Å². The highest BCUT2D eigenvalue weighted by molar-refractivity contribution is 5.75. The minimum Gasteiger partial charge on any atom is -0.300 e. The van der Waals surface area contributed by atoms with Crippen LogP contribution in [0.1, 0.15) is 26.2 Å². The van der Waals surface area contributed by atoms with E-state index >= 15 is 0 Å². The summed E-state index contributed by atoms with van der Waals surface area (Å²) in [5.74, 6) is 0.184. The number of aryl methyl sites for hydroxylation is 2. The molecule has 0 fully saturated rings. The van der Waals surface area contributed by atoms with Crippen LogP contribution >= 0.6 is 0 Å². The van der Waals surface area contributed by atoms with E-state index in [1.165, 1.54) is 6.20 Å². The summed E-state index contributed by atoms with van der Waals surface area (Å²) in [6, 6.07) is 0. The van der Waals surface area contributed by atoms with Gasteiger partial charge in [-0.1, -0.05) is 0 Å². The van der Waals surface area contributed by atoms with Crippen molar-refractivity contribution in [3.05, 3.63) is 22.9 Å². The van der Waals surface area contributed by atoms with Gasteiger partial charge in [0.05, 0.1) is 12.5 Å². The average molecular weight is 248 g/mol. The number of nitrogens with zero attached hydrogens (tertiary/aromatic N) is 4. The van der Waals surface area contributed by atoms with Crippen LogP contribution in [0.5, 0.6) is 0 Å². The second-order valence-corrected chi connectivity index (χ2v) is 4.41. The highest BCUT2D eigenvalue weighted by Crippen LogP contribution is 2.04. The predicted molar refractivity (Wildman–Crippen MR) is 67.3 cm³/mol. The molecule has 0 aromatic carbocycles. The van der Waals surface area contributed by atoms with Gasteiger partial charge in [0.2, 0.25) is 0 Å². The first-order valence-corrected chi connectivity index (χ1v) is 5.96. The molecule has 0 unspecified atom stereocenters. The van der Waals surface area contributed by atoms with Crippen LogP contribution in [-0.4, -0.2) is 25.1 Å². The Morgan fingerprint density at radius 3 is 2.89 bits per heavy atom. The number of fused-ring (bicyclic) bond motifs is 1. The second-order valence-electron chi connectivity index (χ2n) is 4.41. The molecule has 6 nitrogen and oxygen atoms in total. The molecular weight excluding hydrogens is 232 g/mol. The van der Waals surface area contributed by atoms with Crippen LogP contribution in [0.4, 0.5) is 0 Å². The number of carbonyl (C=O) groups is 1. The fraction of sp³-hybridized carbons (Fsp3) is 0.500. The van der Waals surface area contributed by atoms with Gasteiger partial charge in [-0.2, -0.15) is 5.10 Å². The summed E-state index contributed by atoms with van der Waals surface area (Å²) in [4.78, 5) is 27.1. The third-order valence-corrected chi connectivity index (χ3v) is 2.90. The molecule has 0 N–H and O–H groups in total. The molecule has 2 rings (SSSR count). The SMILES string of the molecule is CC(=O)CCCCn1cnc2c(cnn2C)c1=O. The lowest BCUT2D eigenvalue weighted by Crippen LogP contribution is -2.20. The van der Waals surface area contributed by atoms with E-state index in [-0.39, 0.29) is 11.3 Å². The summed E-state index contributed by atoms with van der Waals surface area (Å²) in [5, 5.41) is 4.55. The normalized spacial score (nSPS) is 11.0. The van der Waals surface area contributed by atoms with Gasteiger partial charge in [-0.15, -0.1) is 0 Å². The highest BCUT2D eigenvalue weighted by atomic mass is 16.1. The summed E-state index contributed by atoms with van der Waals surface area (Å²) >= 11 is 0. The summed E-state index contributed by atoms with van der Waals surface area (Å²) < 4.78 is 3.15. The fourth-order valence-corrected chi connectivity index (χ4v) is 1.88. The molecule has 18 heavy (non-hydrogen) atoms. The maximum atomic E-state index is 12.1. The molecule has 6 heteroatoms. The van der Waals surface area contributed by atoms with Gasteiger partial charge in [-0.25, -0.2) is 4.98 Å². The van der Waals surface area contributed by atoms with Crippen LogP contribution in [0.3, 0.4) is 0 Å². The molecule has 2 heterocycles. The van der Waals surface area contributed by atoms with Gasteiger partial charge < -0.3 is 4.79 Å². The minimum atomic E-state index is -0.0732. The van der Waals surface area contributed by atoms with Crippen LogP contribution in [0.2, 0.25) is 0 Å². The minimum absolute atomic E-state index is 0.0732. The van der Waals surface area contributed by atoms with Crippen LogP contribution in [-0.2, 0) is 18.4 Å². The van der Waals surface area contributed by atoms with Crippen molar-refractivity contribution in [2.45, 2.75) is 32.7 Å². The van der Waals surface area contributed by atoms with Crippen molar-refractivity contribution >= 4 is 16.8 Å². The van der Waals surface area contributed by atoms with Gasteiger partial charge in [0.15, 0.2) is 5.65 Å². The monoisotopic (exact) mass is 248 g/mol. The zero-order valence-corrected chi connectivity index (χ0v) is 10.6. The molecule has 0 radical (unpaired) electrons. The molecule has 0 bridgehead atoms. The first-order valence-electron chi connectivity index (χ1n) is 5.96. The van der Waals surface area contributed by atoms with E-state index < -0.39 is 0 Å². The maximum Gasteiger partial charge on any atom is 0.264 e. The lowest BCUT2D eigenvalue weighted by molar-refractivity contribution is -0.117. The van der Waals surface area contributed by atoms with Gasteiger partial charge in [0.25, 0.3) is 5.56 Å². The van der Waals surface area contributed by atoms with Gasteiger partial charge in [0, 0.05) is 20.0 Å². The van der Waals surface area contributed by atoms with Crippen molar-refractivity contribution in [1.29, 1.82) is 0 Å². The number of unbranched alkanes of at least 4 members (excludes halogenated alkanes) is 1. The average Bonchev–Trinajstić information content (AvgIpc) is 2.70. The summed E-state index contributed by atoms with van der Waals surface area (Å²) in [6.07, 6.45) is 5.24. The summed E-state index contributed by atoms with van der Waals surface area (Å²) in [7, 11) is 1.76. The largest absolute Gasteiger partial charge is 0.300 e. The number of carbonyl (C=O) groups excluding carboxylic acids is 1. The molecule has 0 aliphatic carbocycles. The number of Topliss-reactive ketones (excluding diaryl/α,β-unsaturated/α-hetero) is 1. The van der Waals surface area contributed by atoms with E-state index in [0.717, 1.165) is 12.8 Å². The van der Waals surface area contributed by atoms with Crippen molar-refractivity contribution < 1.29 is 4.79 Å². The Labute approximate surface area is 104 Å². The topological polar surface area (TPSA) is 69.8 Å². The summed E-state index contributed by atoms with van der Waals surface area (Å²) in [5.41, 5.74) is 0.524. The first kappa shape index (κ1) is 12.5. The molecule has 0 aliphatic rings. The van der Waals surface area contributed by atoms with Crippen LogP contribution in [0.25, 0.3) is 11.0 Å². The van der Waals surface area contributed by atoms with E-state index in [4.69, 9.17) is 0 Å². The van der Waals surface area contributed by atoms with Crippen LogP contribution in [0.15, 0.2) is 17.3 Å². The van der Waals surface area contributed by atoms with E-state index in [1.807, 2.05) is 0 Å². The standard InChI is InChI=1S/C12H16N4O2/c1-9(17)5-3-4-6-16-8-13-11-10(12(16)18)7-14-15(11)2/h7-8H,3-6H2,1-2H3. The number of hydrogen-bond donors (Lipinski definition) is 0. The Morgan fingerprint density at radius 1 is 1.39 bits per heavy atom. The molecule has 0 spiro atoms. The number of aromatic nitrogens is 4. The predicted octanol–water partition coefficient (Wildman–Crippen LogP) is 0.889. The van der Waals surface area contributed by atoms with Crippen molar-refractivity contribution in [1.82, 2.24) is 19.3 Å². The molecule has 2 aromatic heterocycles. The maximum absolute atomic E-state index is 12.1. The van der Waals surface area contributed by atoms with Crippen molar-refractivity contribution in [2.24, 2.45) is 7.05 Å². The van der Waals surface area contributed by atoms with Crippen molar-refractivity contribution in [3.8, 4) is 0 Å². The molecule has 0 aliphatic heterocycles. The molecule has 0 saturated carbocycles. The zero-order chi connectivity index (χ0) is 13.1. The quantitative estimate of drug-likeness (QED) is 0.737. The van der Waals surface area contributed by atoms with E-state index in [2.05, 4.69) is 10.1 Å². The molecular formula is C12H16N4O2. The Balaban J connectivity index is 2.12. The fourth-order valence-electron chi connectivity index (χ4n) is 1.88. The molecule has 2 aromatic rings. The van der Waals surface area contributed by atoms with Crippen molar-refractivity contribution in [3.63, 3.8) is 0 Å². The molecule has 96 valence electrons. The van der Waals surface area contributed by atoms with Gasteiger partial charge in [-0.3, -0.25) is 14.0 Å². The van der Waals surface area contributed by atoms with Gasteiger partial charge >= 0.3 is 0 Å². The smallest absolute Gasteiger partial charge is 0.264 e. The van der Waals surface area contributed by atoms with Crippen molar-refractivity contribution in [2.75, 3.05) is 0 Å². The van der Waals surface area contributed by atoms with Crippen LogP contribution in [0, 0.1) is 0 Å². The van der Waals surface area contributed by atoms with E-state index in [1.54, 1.807) is 29.5 Å². The number of hydrogen-bond acceptors (Lipinski definition) is 4. The molecule has 0 saturated heterocycles. The number of ketones is 1. The Hall–Kier alpha value is -1.98. The lowest BCUT2D eigenvalue weighted by Gasteiger charge is -2.04. The zero-order valence-electron chi connectivity index (χ0n) is 10.6. The Bertz CT molecular complexity index is 627. The third-order valence-electron chi connectivity index (χ3n) is 2.90. The number of rotatable bonds is 5. The lowest BCUT2D eigenvalue weighted by atomic mass is 10.2.